The normalized spacial score (nSPS) is 11.3. The van der Waals surface area contributed by atoms with Gasteiger partial charge in [0.15, 0.2) is 5.78 Å². The van der Waals surface area contributed by atoms with Crippen LogP contribution < -0.4 is 10.5 Å². The summed E-state index contributed by atoms with van der Waals surface area (Å²) < 4.78 is 5.03. The highest BCUT2D eigenvalue weighted by Gasteiger charge is 2.10. The predicted molar refractivity (Wildman–Crippen MR) is 60.4 cm³/mol. The minimum atomic E-state index is -0.345. The number of benzene rings is 1. The summed E-state index contributed by atoms with van der Waals surface area (Å²) in [4.78, 5) is 11.2. The van der Waals surface area contributed by atoms with Crippen LogP contribution in [0.25, 0.3) is 5.70 Å². The summed E-state index contributed by atoms with van der Waals surface area (Å²) in [5.74, 6) is 0.282. The van der Waals surface area contributed by atoms with Gasteiger partial charge in [-0.15, -0.1) is 0 Å². The van der Waals surface area contributed by atoms with Gasteiger partial charge < -0.3 is 10.5 Å². The lowest BCUT2D eigenvalue weighted by Crippen LogP contribution is -2.06. The number of nitriles is 1. The Kier molecular flexibility index (Phi) is 3.67. The summed E-state index contributed by atoms with van der Waals surface area (Å²) in [6.45, 7) is 1.31. The fourth-order valence-corrected chi connectivity index (χ4v) is 1.26. The molecule has 0 saturated carbocycles. The molecule has 16 heavy (non-hydrogen) atoms. The maximum Gasteiger partial charge on any atom is 0.172 e. The van der Waals surface area contributed by atoms with Crippen molar-refractivity contribution < 1.29 is 9.53 Å². The van der Waals surface area contributed by atoms with Crippen LogP contribution in [0.1, 0.15) is 12.5 Å². The number of allylic oxidation sites excluding steroid dienone is 1. The molecule has 0 atom stereocenters. The van der Waals surface area contributed by atoms with Crippen LogP contribution in [0.3, 0.4) is 0 Å². The molecule has 4 heteroatoms. The van der Waals surface area contributed by atoms with Gasteiger partial charge in [0.1, 0.15) is 17.4 Å². The molecule has 0 unspecified atom stereocenters. The third-order valence-electron chi connectivity index (χ3n) is 2.11. The molecule has 0 bridgehead atoms. The van der Waals surface area contributed by atoms with E-state index in [-0.39, 0.29) is 17.1 Å². The SMILES string of the molecule is COc1cccc(/C(N)=C(\C#N)C(C)=O)c1. The molecule has 1 rings (SSSR count). The Hall–Kier alpha value is -2.28. The standard InChI is InChI=1S/C12H12N2O2/c1-8(15)11(7-13)12(14)9-4-3-5-10(6-9)16-2/h3-6H,14H2,1-2H3/b12-11-. The number of ketones is 1. The molecule has 0 heterocycles. The number of hydrogen-bond acceptors (Lipinski definition) is 4. The van der Waals surface area contributed by atoms with E-state index >= 15 is 0 Å². The van der Waals surface area contributed by atoms with E-state index in [4.69, 9.17) is 15.7 Å². The quantitative estimate of drug-likeness (QED) is 0.613. The molecule has 0 aliphatic heterocycles. The van der Waals surface area contributed by atoms with Crippen LogP contribution in [0, 0.1) is 11.3 Å². The van der Waals surface area contributed by atoms with Crippen molar-refractivity contribution in [2.45, 2.75) is 6.92 Å². The molecule has 4 nitrogen and oxygen atoms in total. The molecule has 1 aromatic carbocycles. The molecular weight excluding hydrogens is 204 g/mol. The minimum Gasteiger partial charge on any atom is -0.497 e. The lowest BCUT2D eigenvalue weighted by Gasteiger charge is -2.05. The number of ether oxygens (including phenoxy) is 1. The van der Waals surface area contributed by atoms with Gasteiger partial charge in [-0.1, -0.05) is 12.1 Å². The van der Waals surface area contributed by atoms with Crippen molar-refractivity contribution in [1.82, 2.24) is 0 Å². The highest BCUT2D eigenvalue weighted by molar-refractivity contribution is 6.04. The Balaban J connectivity index is 3.28. The van der Waals surface area contributed by atoms with Crippen molar-refractivity contribution in [2.75, 3.05) is 7.11 Å². The Morgan fingerprint density at radius 3 is 2.69 bits per heavy atom. The van der Waals surface area contributed by atoms with Crippen molar-refractivity contribution >= 4 is 11.5 Å². The van der Waals surface area contributed by atoms with E-state index in [1.54, 1.807) is 30.3 Å². The number of carbonyl (C=O) groups excluding carboxylic acids is 1. The molecule has 1 aromatic rings. The Morgan fingerprint density at radius 1 is 1.50 bits per heavy atom. The van der Waals surface area contributed by atoms with E-state index in [1.165, 1.54) is 14.0 Å². The summed E-state index contributed by atoms with van der Waals surface area (Å²) in [7, 11) is 1.54. The van der Waals surface area contributed by atoms with E-state index in [1.807, 2.05) is 0 Å². The fraction of sp³-hybridized carbons (Fsp3) is 0.167. The first-order chi connectivity index (χ1) is 7.60. The molecule has 0 radical (unpaired) electrons. The van der Waals surface area contributed by atoms with Crippen molar-refractivity contribution in [2.24, 2.45) is 5.73 Å². The van der Waals surface area contributed by atoms with Crippen molar-refractivity contribution in [3.05, 3.63) is 35.4 Å². The summed E-state index contributed by atoms with van der Waals surface area (Å²) in [5.41, 5.74) is 6.50. The van der Waals surface area contributed by atoms with E-state index in [0.717, 1.165) is 0 Å². The van der Waals surface area contributed by atoms with Gasteiger partial charge in [-0.05, 0) is 19.1 Å². The zero-order chi connectivity index (χ0) is 12.1. The topological polar surface area (TPSA) is 76.1 Å². The van der Waals surface area contributed by atoms with Gasteiger partial charge >= 0.3 is 0 Å². The number of nitrogens with two attached hydrogens (primary N) is 1. The van der Waals surface area contributed by atoms with Gasteiger partial charge in [0.05, 0.1) is 12.8 Å². The molecule has 0 aliphatic rings. The lowest BCUT2D eigenvalue weighted by molar-refractivity contribution is -0.113. The van der Waals surface area contributed by atoms with Crippen LogP contribution in [-0.4, -0.2) is 12.9 Å². The Bertz CT molecular complexity index is 484. The van der Waals surface area contributed by atoms with Gasteiger partial charge in [0.2, 0.25) is 0 Å². The largest absolute Gasteiger partial charge is 0.497 e. The predicted octanol–water partition coefficient (Wildman–Crippen LogP) is 1.48. The monoisotopic (exact) mass is 216 g/mol. The van der Waals surface area contributed by atoms with Gasteiger partial charge in [0.25, 0.3) is 0 Å². The van der Waals surface area contributed by atoms with Crippen molar-refractivity contribution in [3.8, 4) is 11.8 Å². The highest BCUT2D eigenvalue weighted by atomic mass is 16.5. The van der Waals surface area contributed by atoms with E-state index in [2.05, 4.69) is 0 Å². The number of carbonyl (C=O) groups is 1. The first kappa shape index (κ1) is 11.8. The van der Waals surface area contributed by atoms with Gasteiger partial charge in [-0.25, -0.2) is 0 Å². The zero-order valence-electron chi connectivity index (χ0n) is 9.15. The molecule has 0 fully saturated rings. The van der Waals surface area contributed by atoms with E-state index in [9.17, 15) is 4.79 Å². The number of nitrogens with zero attached hydrogens (tertiary/aromatic N) is 1. The summed E-state index contributed by atoms with van der Waals surface area (Å²) in [6, 6.07) is 8.70. The molecule has 82 valence electrons. The third kappa shape index (κ3) is 2.39. The van der Waals surface area contributed by atoms with Crippen molar-refractivity contribution in [3.63, 3.8) is 0 Å². The second-order valence-electron chi connectivity index (χ2n) is 3.19. The molecule has 0 aromatic heterocycles. The first-order valence-electron chi connectivity index (χ1n) is 4.65. The molecule has 2 N–H and O–H groups in total. The lowest BCUT2D eigenvalue weighted by atomic mass is 10.1. The number of Topliss-reactive ketones (excluding diaryl/α,β-unsaturated/α-hetero) is 1. The fourth-order valence-electron chi connectivity index (χ4n) is 1.26. The summed E-state index contributed by atoms with van der Waals surface area (Å²) >= 11 is 0. The average Bonchev–Trinajstić information content (AvgIpc) is 2.29. The van der Waals surface area contributed by atoms with Gasteiger partial charge in [-0.2, -0.15) is 5.26 Å². The zero-order valence-corrected chi connectivity index (χ0v) is 9.15. The smallest absolute Gasteiger partial charge is 0.172 e. The van der Waals surface area contributed by atoms with Crippen LogP contribution in [0.2, 0.25) is 0 Å². The minimum absolute atomic E-state index is 0.0340. The summed E-state index contributed by atoms with van der Waals surface area (Å²) in [5, 5.41) is 8.81. The van der Waals surface area contributed by atoms with Gasteiger partial charge in [-0.3, -0.25) is 4.79 Å². The van der Waals surface area contributed by atoms with Crippen LogP contribution in [0.5, 0.6) is 5.75 Å². The maximum absolute atomic E-state index is 11.2. The van der Waals surface area contributed by atoms with E-state index in [0.29, 0.717) is 11.3 Å². The molecular formula is C12H12N2O2. The molecule has 0 amide bonds. The van der Waals surface area contributed by atoms with Crippen LogP contribution in [0.4, 0.5) is 0 Å². The first-order valence-corrected chi connectivity index (χ1v) is 4.65. The Labute approximate surface area is 93.9 Å². The number of hydrogen-bond donors (Lipinski definition) is 1. The van der Waals surface area contributed by atoms with Crippen LogP contribution in [-0.2, 0) is 4.79 Å². The summed E-state index contributed by atoms with van der Waals surface area (Å²) in [6.07, 6.45) is 0. The maximum atomic E-state index is 11.2. The Morgan fingerprint density at radius 2 is 2.19 bits per heavy atom. The average molecular weight is 216 g/mol. The second-order valence-corrected chi connectivity index (χ2v) is 3.19. The van der Waals surface area contributed by atoms with Crippen LogP contribution >= 0.6 is 0 Å². The molecule has 0 saturated heterocycles. The third-order valence-corrected chi connectivity index (χ3v) is 2.11. The molecule has 0 aliphatic carbocycles. The number of rotatable bonds is 3. The highest BCUT2D eigenvalue weighted by Crippen LogP contribution is 2.19. The van der Waals surface area contributed by atoms with Gasteiger partial charge in [0, 0.05) is 5.56 Å². The molecule has 0 spiro atoms. The van der Waals surface area contributed by atoms with E-state index < -0.39 is 0 Å². The van der Waals surface area contributed by atoms with Crippen molar-refractivity contribution in [1.29, 1.82) is 5.26 Å². The number of methoxy groups -OCH3 is 1. The second kappa shape index (κ2) is 4.99. The van der Waals surface area contributed by atoms with Crippen LogP contribution in [0.15, 0.2) is 29.8 Å².